The molecule has 2 saturated heterocycles. The summed E-state index contributed by atoms with van der Waals surface area (Å²) in [6.07, 6.45) is 4.95. The molecule has 2 atom stereocenters. The first kappa shape index (κ1) is 17.3. The molecular weight excluding hydrogens is 358 g/mol. The number of carbonyl (C=O) groups excluding carboxylic acids is 2. The summed E-state index contributed by atoms with van der Waals surface area (Å²) >= 11 is 0. The van der Waals surface area contributed by atoms with Crippen molar-refractivity contribution < 1.29 is 19.1 Å². The van der Waals surface area contributed by atoms with E-state index in [0.717, 1.165) is 41.9 Å². The number of ether oxygens (including phenoxy) is 2. The first-order chi connectivity index (χ1) is 13.7. The largest absolute Gasteiger partial charge is 0.447 e. The number of dihydropyridines is 1. The number of anilines is 1. The summed E-state index contributed by atoms with van der Waals surface area (Å²) in [5, 5.41) is 0. The Kier molecular flexibility index (Phi) is 4.10. The molecule has 4 heterocycles. The number of hydrogen-bond acceptors (Lipinski definition) is 5. The van der Waals surface area contributed by atoms with Crippen molar-refractivity contribution in [3.63, 3.8) is 0 Å². The van der Waals surface area contributed by atoms with E-state index >= 15 is 0 Å². The van der Waals surface area contributed by atoms with Gasteiger partial charge in [0.15, 0.2) is 0 Å². The van der Waals surface area contributed by atoms with Gasteiger partial charge in [0.1, 0.15) is 18.5 Å². The third kappa shape index (κ3) is 2.68. The Morgan fingerprint density at radius 1 is 1.25 bits per heavy atom. The van der Waals surface area contributed by atoms with E-state index in [-0.39, 0.29) is 24.3 Å². The number of cyclic esters (lactones) is 2. The maximum absolute atomic E-state index is 12.3. The molecule has 0 aliphatic carbocycles. The molecule has 0 radical (unpaired) electrons. The number of aliphatic imine (C=N–C) groups is 1. The summed E-state index contributed by atoms with van der Waals surface area (Å²) in [6.45, 7) is 3.67. The minimum atomic E-state index is -0.303. The van der Waals surface area contributed by atoms with Crippen molar-refractivity contribution >= 4 is 29.3 Å². The summed E-state index contributed by atoms with van der Waals surface area (Å²) in [5.74, 6) is 0.776. The van der Waals surface area contributed by atoms with E-state index in [2.05, 4.69) is 30.1 Å². The summed E-state index contributed by atoms with van der Waals surface area (Å²) < 4.78 is 10.6. The number of carbonyl (C=O) groups is 2. The summed E-state index contributed by atoms with van der Waals surface area (Å²) in [4.78, 5) is 32.1. The maximum atomic E-state index is 12.3. The third-order valence-electron chi connectivity index (χ3n) is 5.96. The van der Waals surface area contributed by atoms with Crippen LogP contribution >= 0.6 is 0 Å². The topological polar surface area (TPSA) is 71.4 Å². The Balaban J connectivity index is 1.34. The van der Waals surface area contributed by atoms with Crippen LogP contribution < -0.4 is 4.90 Å². The second kappa shape index (κ2) is 6.65. The molecule has 28 heavy (non-hydrogen) atoms. The predicted octanol–water partition coefficient (Wildman–Crippen LogP) is 3.37. The van der Waals surface area contributed by atoms with Gasteiger partial charge in [0, 0.05) is 6.42 Å². The molecule has 5 rings (SSSR count). The van der Waals surface area contributed by atoms with Gasteiger partial charge in [0.25, 0.3) is 0 Å². The average Bonchev–Trinajstić information content (AvgIpc) is 3.37. The third-order valence-corrected chi connectivity index (χ3v) is 5.96. The molecule has 2 unspecified atom stereocenters. The summed E-state index contributed by atoms with van der Waals surface area (Å²) in [6, 6.07) is 6.38. The van der Waals surface area contributed by atoms with Gasteiger partial charge in [-0.15, -0.1) is 0 Å². The van der Waals surface area contributed by atoms with Gasteiger partial charge >= 0.3 is 12.2 Å². The Morgan fingerprint density at radius 3 is 2.86 bits per heavy atom. The molecule has 4 aliphatic heterocycles. The van der Waals surface area contributed by atoms with Crippen molar-refractivity contribution in [1.82, 2.24) is 4.90 Å². The van der Waals surface area contributed by atoms with E-state index in [4.69, 9.17) is 9.47 Å². The van der Waals surface area contributed by atoms with Crippen LogP contribution in [-0.2, 0) is 15.9 Å². The fourth-order valence-corrected chi connectivity index (χ4v) is 4.56. The molecule has 4 aliphatic rings. The normalized spacial score (nSPS) is 25.9. The van der Waals surface area contributed by atoms with Gasteiger partial charge in [0.2, 0.25) is 0 Å². The van der Waals surface area contributed by atoms with Gasteiger partial charge in [-0.3, -0.25) is 14.8 Å². The van der Waals surface area contributed by atoms with Gasteiger partial charge in [0.05, 0.1) is 24.8 Å². The SMILES string of the molecule is CCCC1OC(=O)N2c3ccc(C4=CCC(N5CCOC5=O)=NC4)cc3CC12. The molecular formula is C21H23N3O4. The standard InChI is InChI=1S/C21H23N3O4/c1-2-3-18-17-11-15-10-13(4-6-16(15)24(17)21(26)28-18)14-5-7-19(22-12-14)23-8-9-27-20(23)25/h4-6,10,17-18H,2-3,7-9,11-12H2,1H3. The molecule has 7 heteroatoms. The van der Waals surface area contributed by atoms with Gasteiger partial charge in [-0.2, -0.15) is 0 Å². The average molecular weight is 381 g/mol. The van der Waals surface area contributed by atoms with Crippen molar-refractivity contribution in [1.29, 1.82) is 0 Å². The Hall–Kier alpha value is -2.83. The Morgan fingerprint density at radius 2 is 2.14 bits per heavy atom. The molecule has 2 fully saturated rings. The minimum absolute atomic E-state index is 0.0189. The van der Waals surface area contributed by atoms with E-state index in [0.29, 0.717) is 26.1 Å². The lowest BCUT2D eigenvalue weighted by Gasteiger charge is -2.20. The van der Waals surface area contributed by atoms with Crippen LogP contribution in [0.1, 0.15) is 37.3 Å². The Bertz CT molecular complexity index is 907. The molecule has 7 nitrogen and oxygen atoms in total. The number of amides is 2. The van der Waals surface area contributed by atoms with Crippen LogP contribution in [0.4, 0.5) is 15.3 Å². The monoisotopic (exact) mass is 381 g/mol. The van der Waals surface area contributed by atoms with E-state index in [9.17, 15) is 9.59 Å². The molecule has 0 bridgehead atoms. The highest BCUT2D eigenvalue weighted by Gasteiger charge is 2.46. The number of fused-ring (bicyclic) bond motifs is 3. The summed E-state index contributed by atoms with van der Waals surface area (Å²) in [7, 11) is 0. The maximum Gasteiger partial charge on any atom is 0.415 e. The van der Waals surface area contributed by atoms with Crippen LogP contribution in [0.15, 0.2) is 29.3 Å². The predicted molar refractivity (Wildman–Crippen MR) is 105 cm³/mol. The van der Waals surface area contributed by atoms with E-state index in [1.165, 1.54) is 5.56 Å². The first-order valence-corrected chi connectivity index (χ1v) is 9.95. The highest BCUT2D eigenvalue weighted by molar-refractivity contribution is 5.99. The highest BCUT2D eigenvalue weighted by Crippen LogP contribution is 2.41. The van der Waals surface area contributed by atoms with E-state index < -0.39 is 0 Å². The van der Waals surface area contributed by atoms with Crippen LogP contribution in [0.5, 0.6) is 0 Å². The summed E-state index contributed by atoms with van der Waals surface area (Å²) in [5.41, 5.74) is 4.45. The van der Waals surface area contributed by atoms with Crippen molar-refractivity contribution in [3.8, 4) is 0 Å². The Labute approximate surface area is 163 Å². The number of rotatable bonds is 3. The van der Waals surface area contributed by atoms with E-state index in [1.807, 2.05) is 11.0 Å². The zero-order chi connectivity index (χ0) is 19.3. The number of hydrogen-bond donors (Lipinski definition) is 0. The fourth-order valence-electron chi connectivity index (χ4n) is 4.56. The number of amidine groups is 1. The van der Waals surface area contributed by atoms with Crippen LogP contribution in [0.2, 0.25) is 0 Å². The van der Waals surface area contributed by atoms with Crippen LogP contribution in [-0.4, -0.2) is 54.8 Å². The molecule has 1 aromatic rings. The van der Waals surface area contributed by atoms with Gasteiger partial charge in [-0.25, -0.2) is 9.59 Å². The molecule has 0 saturated carbocycles. The lowest BCUT2D eigenvalue weighted by molar-refractivity contribution is 0.125. The van der Waals surface area contributed by atoms with Gasteiger partial charge in [-0.1, -0.05) is 25.5 Å². The molecule has 0 N–H and O–H groups in total. The first-order valence-electron chi connectivity index (χ1n) is 9.95. The zero-order valence-electron chi connectivity index (χ0n) is 15.9. The quantitative estimate of drug-likeness (QED) is 0.805. The second-order valence-corrected chi connectivity index (χ2v) is 7.63. The molecule has 1 aromatic carbocycles. The molecule has 146 valence electrons. The smallest absolute Gasteiger partial charge is 0.415 e. The molecule has 2 amide bonds. The van der Waals surface area contributed by atoms with Gasteiger partial charge in [-0.05, 0) is 41.7 Å². The highest BCUT2D eigenvalue weighted by atomic mass is 16.6. The van der Waals surface area contributed by atoms with Crippen molar-refractivity contribution in [2.24, 2.45) is 4.99 Å². The number of nitrogens with zero attached hydrogens (tertiary/aromatic N) is 3. The van der Waals surface area contributed by atoms with Gasteiger partial charge < -0.3 is 9.47 Å². The van der Waals surface area contributed by atoms with Crippen LogP contribution in [0.25, 0.3) is 5.57 Å². The van der Waals surface area contributed by atoms with Crippen molar-refractivity contribution in [3.05, 3.63) is 35.4 Å². The minimum Gasteiger partial charge on any atom is -0.447 e. The lowest BCUT2D eigenvalue weighted by Crippen LogP contribution is -2.33. The van der Waals surface area contributed by atoms with E-state index in [1.54, 1.807) is 4.90 Å². The van der Waals surface area contributed by atoms with Crippen molar-refractivity contribution in [2.45, 2.75) is 44.8 Å². The second-order valence-electron chi connectivity index (χ2n) is 7.63. The van der Waals surface area contributed by atoms with Crippen LogP contribution in [0, 0.1) is 0 Å². The zero-order valence-corrected chi connectivity index (χ0v) is 15.9. The van der Waals surface area contributed by atoms with Crippen LogP contribution in [0.3, 0.4) is 0 Å². The lowest BCUT2D eigenvalue weighted by atomic mass is 9.97. The number of benzene rings is 1. The molecule has 0 aromatic heterocycles. The molecule has 0 spiro atoms. The fraction of sp³-hybridized carbons (Fsp3) is 0.476. The van der Waals surface area contributed by atoms with Crippen molar-refractivity contribution in [2.75, 3.05) is 24.6 Å².